The van der Waals surface area contributed by atoms with Crippen LogP contribution in [0.15, 0.2) is 12.4 Å². The second-order valence-electron chi connectivity index (χ2n) is 4.22. The Hall–Kier alpha value is -1.32. The predicted molar refractivity (Wildman–Crippen MR) is 65.8 cm³/mol. The van der Waals surface area contributed by atoms with Gasteiger partial charge < -0.3 is 10.1 Å². The molecule has 0 aliphatic carbocycles. The number of nitrogens with zero attached hydrogens (tertiary/aromatic N) is 2. The maximum absolute atomic E-state index is 5.50. The second kappa shape index (κ2) is 7.04. The minimum atomic E-state index is 0.597. The largest absolute Gasteiger partial charge is 0.478 e. The molecule has 4 nitrogen and oxygen atoms in total. The van der Waals surface area contributed by atoms with Gasteiger partial charge in [-0.3, -0.25) is 0 Å². The third-order valence-electron chi connectivity index (χ3n) is 2.08. The lowest BCUT2D eigenvalue weighted by atomic mass is 10.2. The van der Waals surface area contributed by atoms with Gasteiger partial charge in [-0.05, 0) is 12.3 Å². The minimum absolute atomic E-state index is 0.597. The molecular weight excluding hydrogens is 202 g/mol. The van der Waals surface area contributed by atoms with Crippen molar-refractivity contribution in [2.45, 2.75) is 33.6 Å². The van der Waals surface area contributed by atoms with Gasteiger partial charge in [-0.2, -0.15) is 0 Å². The number of ether oxygens (including phenoxy) is 1. The molecule has 0 spiro atoms. The van der Waals surface area contributed by atoms with Crippen molar-refractivity contribution in [3.8, 4) is 5.88 Å². The van der Waals surface area contributed by atoms with Gasteiger partial charge in [-0.1, -0.05) is 27.2 Å². The summed E-state index contributed by atoms with van der Waals surface area (Å²) in [6.45, 7) is 8.08. The van der Waals surface area contributed by atoms with Crippen molar-refractivity contribution in [3.05, 3.63) is 12.4 Å². The first kappa shape index (κ1) is 12.7. The molecule has 4 heteroatoms. The maximum Gasteiger partial charge on any atom is 0.218 e. The zero-order valence-corrected chi connectivity index (χ0v) is 10.4. The lowest BCUT2D eigenvalue weighted by Crippen LogP contribution is -2.09. The van der Waals surface area contributed by atoms with Gasteiger partial charge in [0.05, 0.1) is 6.61 Å². The molecule has 0 amide bonds. The Bertz CT molecular complexity index is 302. The van der Waals surface area contributed by atoms with Gasteiger partial charge in [-0.25, -0.2) is 9.97 Å². The standard InChI is InChI=1S/C12H21N3O/c1-4-5-6-16-12-7-11(14-9-15-12)13-8-10(2)3/h7,9-10H,4-6,8H2,1-3H3,(H,13,14,15). The molecule has 0 aromatic carbocycles. The van der Waals surface area contributed by atoms with E-state index in [0.717, 1.165) is 31.8 Å². The Labute approximate surface area is 97.5 Å². The quantitative estimate of drug-likeness (QED) is 0.722. The molecule has 0 bridgehead atoms. The number of rotatable bonds is 7. The molecule has 1 rings (SSSR count). The molecule has 1 aromatic rings. The number of anilines is 1. The molecule has 90 valence electrons. The summed E-state index contributed by atoms with van der Waals surface area (Å²) in [5.74, 6) is 2.07. The summed E-state index contributed by atoms with van der Waals surface area (Å²) in [6.07, 6.45) is 3.71. The lowest BCUT2D eigenvalue weighted by molar-refractivity contribution is 0.297. The molecule has 0 atom stereocenters. The zero-order valence-electron chi connectivity index (χ0n) is 10.4. The van der Waals surface area contributed by atoms with Crippen LogP contribution in [0.1, 0.15) is 33.6 Å². The van der Waals surface area contributed by atoms with Crippen molar-refractivity contribution >= 4 is 5.82 Å². The smallest absolute Gasteiger partial charge is 0.218 e. The fourth-order valence-corrected chi connectivity index (χ4v) is 1.14. The normalized spacial score (nSPS) is 10.5. The van der Waals surface area contributed by atoms with Crippen molar-refractivity contribution < 1.29 is 4.74 Å². The molecule has 1 N–H and O–H groups in total. The van der Waals surface area contributed by atoms with Gasteiger partial charge in [0.1, 0.15) is 12.1 Å². The van der Waals surface area contributed by atoms with Crippen molar-refractivity contribution in [2.24, 2.45) is 5.92 Å². The first-order valence-corrected chi connectivity index (χ1v) is 5.91. The van der Waals surface area contributed by atoms with Crippen LogP contribution >= 0.6 is 0 Å². The summed E-state index contributed by atoms with van der Waals surface area (Å²) >= 11 is 0. The van der Waals surface area contributed by atoms with Crippen LogP contribution in [0.5, 0.6) is 5.88 Å². The van der Waals surface area contributed by atoms with E-state index in [1.54, 1.807) is 0 Å². The number of nitrogens with one attached hydrogen (secondary N) is 1. The molecule has 1 aromatic heterocycles. The van der Waals surface area contributed by atoms with Crippen LogP contribution in [0, 0.1) is 5.92 Å². The highest BCUT2D eigenvalue weighted by Gasteiger charge is 2.00. The highest BCUT2D eigenvalue weighted by molar-refractivity contribution is 5.36. The highest BCUT2D eigenvalue weighted by atomic mass is 16.5. The Kier molecular flexibility index (Phi) is 5.61. The van der Waals surface area contributed by atoms with Gasteiger partial charge in [-0.15, -0.1) is 0 Å². The van der Waals surface area contributed by atoms with Crippen LogP contribution in [-0.2, 0) is 0 Å². The van der Waals surface area contributed by atoms with E-state index in [1.807, 2.05) is 6.07 Å². The van der Waals surface area contributed by atoms with Crippen LogP contribution in [0.4, 0.5) is 5.82 Å². The number of hydrogen-bond acceptors (Lipinski definition) is 4. The maximum atomic E-state index is 5.50. The summed E-state index contributed by atoms with van der Waals surface area (Å²) in [5, 5.41) is 3.24. The molecule has 0 saturated heterocycles. The summed E-state index contributed by atoms with van der Waals surface area (Å²) < 4.78 is 5.50. The van der Waals surface area contributed by atoms with E-state index < -0.39 is 0 Å². The van der Waals surface area contributed by atoms with Crippen LogP contribution < -0.4 is 10.1 Å². The van der Waals surface area contributed by atoms with Gasteiger partial charge >= 0.3 is 0 Å². The molecular formula is C12H21N3O. The monoisotopic (exact) mass is 223 g/mol. The van der Waals surface area contributed by atoms with Gasteiger partial charge in [0.25, 0.3) is 0 Å². The van der Waals surface area contributed by atoms with Crippen LogP contribution in [0.2, 0.25) is 0 Å². The van der Waals surface area contributed by atoms with Crippen molar-refractivity contribution in [2.75, 3.05) is 18.5 Å². The molecule has 1 heterocycles. The summed E-state index contributed by atoms with van der Waals surface area (Å²) in [5.41, 5.74) is 0. The Balaban J connectivity index is 2.43. The molecule has 0 aliphatic rings. The first-order valence-electron chi connectivity index (χ1n) is 5.91. The number of unbranched alkanes of at least 4 members (excludes halogenated alkanes) is 1. The van der Waals surface area contributed by atoms with E-state index in [0.29, 0.717) is 11.8 Å². The van der Waals surface area contributed by atoms with Gasteiger partial charge in [0.15, 0.2) is 0 Å². The van der Waals surface area contributed by atoms with E-state index in [-0.39, 0.29) is 0 Å². The number of aromatic nitrogens is 2. The Morgan fingerprint density at radius 2 is 2.19 bits per heavy atom. The average molecular weight is 223 g/mol. The minimum Gasteiger partial charge on any atom is -0.478 e. The lowest BCUT2D eigenvalue weighted by Gasteiger charge is -2.09. The van der Waals surface area contributed by atoms with E-state index >= 15 is 0 Å². The van der Waals surface area contributed by atoms with Gasteiger partial charge in [0.2, 0.25) is 5.88 Å². The van der Waals surface area contributed by atoms with Crippen molar-refractivity contribution in [1.29, 1.82) is 0 Å². The summed E-state index contributed by atoms with van der Waals surface area (Å²) in [6, 6.07) is 1.85. The fourth-order valence-electron chi connectivity index (χ4n) is 1.14. The van der Waals surface area contributed by atoms with E-state index in [9.17, 15) is 0 Å². The van der Waals surface area contributed by atoms with E-state index in [1.165, 1.54) is 6.33 Å². The van der Waals surface area contributed by atoms with E-state index in [2.05, 4.69) is 36.1 Å². The van der Waals surface area contributed by atoms with Crippen molar-refractivity contribution in [3.63, 3.8) is 0 Å². The molecule has 0 unspecified atom stereocenters. The van der Waals surface area contributed by atoms with Gasteiger partial charge in [0, 0.05) is 12.6 Å². The molecule has 0 fully saturated rings. The Morgan fingerprint density at radius 3 is 2.88 bits per heavy atom. The number of hydrogen-bond donors (Lipinski definition) is 1. The fraction of sp³-hybridized carbons (Fsp3) is 0.667. The zero-order chi connectivity index (χ0) is 11.8. The van der Waals surface area contributed by atoms with Crippen LogP contribution in [-0.4, -0.2) is 23.1 Å². The first-order chi connectivity index (χ1) is 7.72. The van der Waals surface area contributed by atoms with Crippen molar-refractivity contribution in [1.82, 2.24) is 9.97 Å². The topological polar surface area (TPSA) is 47.0 Å². The Morgan fingerprint density at radius 1 is 1.38 bits per heavy atom. The molecule has 16 heavy (non-hydrogen) atoms. The summed E-state index contributed by atoms with van der Waals surface area (Å²) in [7, 11) is 0. The average Bonchev–Trinajstić information content (AvgIpc) is 2.27. The third-order valence-corrected chi connectivity index (χ3v) is 2.08. The highest BCUT2D eigenvalue weighted by Crippen LogP contribution is 2.11. The SMILES string of the molecule is CCCCOc1cc(NCC(C)C)ncn1. The van der Waals surface area contributed by atoms with E-state index in [4.69, 9.17) is 4.74 Å². The summed E-state index contributed by atoms with van der Waals surface area (Å²) in [4.78, 5) is 8.20. The second-order valence-corrected chi connectivity index (χ2v) is 4.22. The predicted octanol–water partition coefficient (Wildman–Crippen LogP) is 2.72. The van der Waals surface area contributed by atoms with Crippen LogP contribution in [0.25, 0.3) is 0 Å². The molecule has 0 saturated carbocycles. The van der Waals surface area contributed by atoms with Crippen LogP contribution in [0.3, 0.4) is 0 Å². The molecule has 0 radical (unpaired) electrons. The third kappa shape index (κ3) is 4.96. The molecule has 0 aliphatic heterocycles.